The molecule has 202 valence electrons. The Bertz CT molecular complexity index is 1580. The van der Waals surface area contributed by atoms with Crippen LogP contribution in [0.2, 0.25) is 5.02 Å². The molecule has 39 heavy (non-hydrogen) atoms. The van der Waals surface area contributed by atoms with Gasteiger partial charge in [0, 0.05) is 22.6 Å². The van der Waals surface area contributed by atoms with Crippen LogP contribution in [0.5, 0.6) is 11.5 Å². The van der Waals surface area contributed by atoms with Gasteiger partial charge in [-0.3, -0.25) is 0 Å². The van der Waals surface area contributed by atoms with Crippen molar-refractivity contribution in [3.63, 3.8) is 0 Å². The van der Waals surface area contributed by atoms with Gasteiger partial charge < -0.3 is 24.1 Å². The topological polar surface area (TPSA) is 112 Å². The van der Waals surface area contributed by atoms with Crippen LogP contribution < -0.4 is 9.47 Å². The van der Waals surface area contributed by atoms with Crippen LogP contribution in [-0.2, 0) is 30.7 Å². The third-order valence-corrected chi connectivity index (χ3v) is 8.54. The van der Waals surface area contributed by atoms with E-state index >= 15 is 0 Å². The number of hydrogen-bond donors (Lipinski definition) is 1. The van der Waals surface area contributed by atoms with E-state index in [0.29, 0.717) is 5.02 Å². The lowest BCUT2D eigenvalue weighted by Crippen LogP contribution is -2.46. The second-order valence-electron chi connectivity index (χ2n) is 8.67. The molecule has 0 fully saturated rings. The van der Waals surface area contributed by atoms with E-state index in [1.54, 1.807) is 18.2 Å². The molecule has 1 N–H and O–H groups in total. The number of rotatable bonds is 8. The highest BCUT2D eigenvalue weighted by Crippen LogP contribution is 2.48. The molecule has 0 bridgehead atoms. The third kappa shape index (κ3) is 4.66. The van der Waals surface area contributed by atoms with Crippen LogP contribution in [0, 0.1) is 0 Å². The average molecular weight is 570 g/mol. The van der Waals surface area contributed by atoms with E-state index in [9.17, 15) is 18.3 Å². The number of methoxy groups -OCH3 is 2. The minimum atomic E-state index is -4.41. The zero-order chi connectivity index (χ0) is 27.7. The fourth-order valence-corrected chi connectivity index (χ4v) is 6.86. The number of carboxylic acids is 1. The molecule has 11 heteroatoms. The van der Waals surface area contributed by atoms with Crippen molar-refractivity contribution in [1.82, 2.24) is 4.31 Å². The van der Waals surface area contributed by atoms with Crippen molar-refractivity contribution in [1.29, 1.82) is 0 Å². The lowest BCUT2D eigenvalue weighted by atomic mass is 9.92. The summed E-state index contributed by atoms with van der Waals surface area (Å²) in [6, 6.07) is 17.3. The molecule has 0 spiro atoms. The number of sulfonamides is 1. The molecule has 2 aliphatic rings. The Morgan fingerprint density at radius 3 is 2.28 bits per heavy atom. The van der Waals surface area contributed by atoms with Crippen molar-refractivity contribution in [3.8, 4) is 11.5 Å². The zero-order valence-electron chi connectivity index (χ0n) is 21.0. The van der Waals surface area contributed by atoms with Gasteiger partial charge in [0.2, 0.25) is 6.79 Å². The van der Waals surface area contributed by atoms with E-state index in [2.05, 4.69) is 0 Å². The van der Waals surface area contributed by atoms with Crippen molar-refractivity contribution in [2.24, 2.45) is 0 Å². The fourth-order valence-electron chi connectivity index (χ4n) is 4.83. The minimum absolute atomic E-state index is 0.0818. The van der Waals surface area contributed by atoms with Gasteiger partial charge in [0.15, 0.2) is 5.76 Å². The number of aliphatic carboxylic acids is 1. The van der Waals surface area contributed by atoms with Gasteiger partial charge >= 0.3 is 5.97 Å². The molecule has 0 saturated carbocycles. The van der Waals surface area contributed by atoms with E-state index in [4.69, 9.17) is 30.5 Å². The summed E-state index contributed by atoms with van der Waals surface area (Å²) in [6.07, 6.45) is 1.42. The normalized spacial score (nSPS) is 16.5. The van der Waals surface area contributed by atoms with Gasteiger partial charge in [-0.15, -0.1) is 0 Å². The zero-order valence-corrected chi connectivity index (χ0v) is 22.5. The summed E-state index contributed by atoms with van der Waals surface area (Å²) in [4.78, 5) is 13.0. The van der Waals surface area contributed by atoms with Crippen LogP contribution in [0.15, 0.2) is 89.3 Å². The van der Waals surface area contributed by atoms with Crippen molar-refractivity contribution in [2.75, 3.05) is 21.0 Å². The van der Waals surface area contributed by atoms with E-state index in [0.717, 1.165) is 9.87 Å². The number of benzene rings is 3. The smallest absolute Gasteiger partial charge is 0.353 e. The van der Waals surface area contributed by atoms with Crippen LogP contribution in [0.25, 0.3) is 5.57 Å². The molecular formula is C28H24ClNO8S. The second-order valence-corrected chi connectivity index (χ2v) is 10.9. The summed E-state index contributed by atoms with van der Waals surface area (Å²) in [5, 5.41) is 11.0. The summed E-state index contributed by atoms with van der Waals surface area (Å²) in [7, 11) is -1.59. The SMILES string of the molecule is COc1cc(Cl)cc(OC)c1C1=C(C(=O)O)N(C(Cc2ccccc2)C2=COCO2)S(=O)(=O)c2ccccc21. The molecule has 2 aliphatic heterocycles. The highest BCUT2D eigenvalue weighted by atomic mass is 35.5. The van der Waals surface area contributed by atoms with Crippen LogP contribution in [0.4, 0.5) is 0 Å². The third-order valence-electron chi connectivity index (χ3n) is 6.45. The highest BCUT2D eigenvalue weighted by molar-refractivity contribution is 7.89. The minimum Gasteiger partial charge on any atom is -0.496 e. The van der Waals surface area contributed by atoms with Crippen molar-refractivity contribution in [2.45, 2.75) is 17.4 Å². The number of ether oxygens (including phenoxy) is 4. The quantitative estimate of drug-likeness (QED) is 0.417. The number of halogens is 1. The van der Waals surface area contributed by atoms with Crippen molar-refractivity contribution < 1.29 is 37.3 Å². The molecule has 0 aliphatic carbocycles. The maximum atomic E-state index is 14.3. The van der Waals surface area contributed by atoms with E-state index in [-0.39, 0.29) is 52.1 Å². The Hall–Kier alpha value is -4.15. The van der Waals surface area contributed by atoms with Gasteiger partial charge in [0.1, 0.15) is 29.5 Å². The first-order chi connectivity index (χ1) is 18.8. The first-order valence-electron chi connectivity index (χ1n) is 11.8. The molecule has 0 saturated heterocycles. The number of fused-ring (bicyclic) bond motifs is 1. The van der Waals surface area contributed by atoms with Crippen molar-refractivity contribution in [3.05, 3.63) is 106 Å². The molecule has 0 amide bonds. The maximum Gasteiger partial charge on any atom is 0.353 e. The maximum absolute atomic E-state index is 14.3. The largest absolute Gasteiger partial charge is 0.496 e. The van der Waals surface area contributed by atoms with E-state index in [1.165, 1.54) is 38.7 Å². The summed E-state index contributed by atoms with van der Waals surface area (Å²) in [5.41, 5.74) is 0.785. The number of hydrogen-bond acceptors (Lipinski definition) is 7. The summed E-state index contributed by atoms with van der Waals surface area (Å²) in [5.74, 6) is -0.877. The lowest BCUT2D eigenvalue weighted by Gasteiger charge is -2.38. The Balaban J connectivity index is 1.88. The molecule has 3 aromatic rings. The van der Waals surface area contributed by atoms with Crippen LogP contribution in [-0.4, -0.2) is 50.9 Å². The Labute approximate surface area is 230 Å². The molecular weight excluding hydrogens is 546 g/mol. The summed E-state index contributed by atoms with van der Waals surface area (Å²) < 4.78 is 51.5. The molecule has 0 radical (unpaired) electrons. The predicted octanol–water partition coefficient (Wildman–Crippen LogP) is 4.66. The van der Waals surface area contributed by atoms with Gasteiger partial charge in [-0.05, 0) is 23.8 Å². The first-order valence-corrected chi connectivity index (χ1v) is 13.6. The van der Waals surface area contributed by atoms with Gasteiger partial charge in [-0.1, -0.05) is 60.1 Å². The molecule has 5 rings (SSSR count). The number of nitrogens with zero attached hydrogens (tertiary/aromatic N) is 1. The summed E-state index contributed by atoms with van der Waals surface area (Å²) in [6.45, 7) is -0.122. The van der Waals surface area contributed by atoms with E-state index < -0.39 is 27.7 Å². The predicted molar refractivity (Wildman–Crippen MR) is 143 cm³/mol. The average Bonchev–Trinajstić information content (AvgIpc) is 3.47. The number of carbonyl (C=O) groups is 1. The Morgan fingerprint density at radius 1 is 1.05 bits per heavy atom. The monoisotopic (exact) mass is 569 g/mol. The van der Waals surface area contributed by atoms with Crippen LogP contribution in [0.3, 0.4) is 0 Å². The molecule has 1 atom stereocenters. The number of carboxylic acid groups (broad SMARTS) is 1. The van der Waals surface area contributed by atoms with Crippen LogP contribution in [0.1, 0.15) is 16.7 Å². The van der Waals surface area contributed by atoms with E-state index in [1.807, 2.05) is 30.3 Å². The second kappa shape index (κ2) is 10.5. The molecule has 9 nitrogen and oxygen atoms in total. The van der Waals surface area contributed by atoms with Gasteiger partial charge in [0.25, 0.3) is 10.0 Å². The first kappa shape index (κ1) is 26.5. The van der Waals surface area contributed by atoms with Gasteiger partial charge in [-0.25, -0.2) is 17.5 Å². The molecule has 2 heterocycles. The Kier molecular flexibility index (Phi) is 7.16. The van der Waals surface area contributed by atoms with Crippen molar-refractivity contribution >= 4 is 33.2 Å². The van der Waals surface area contributed by atoms with Gasteiger partial charge in [-0.2, -0.15) is 0 Å². The molecule has 1 unspecified atom stereocenters. The fraction of sp³-hybridized carbons (Fsp3) is 0.179. The van der Waals surface area contributed by atoms with Crippen LogP contribution >= 0.6 is 11.6 Å². The van der Waals surface area contributed by atoms with Gasteiger partial charge in [0.05, 0.1) is 24.7 Å². The molecule has 3 aromatic carbocycles. The summed E-state index contributed by atoms with van der Waals surface area (Å²) >= 11 is 6.28. The molecule has 0 aromatic heterocycles. The Morgan fingerprint density at radius 2 is 1.69 bits per heavy atom. The standard InChI is InChI=1S/C28H24ClNO8S/c1-35-21-13-18(29)14-22(36-2)26(21)25-19-10-6-7-11-24(19)39(33,34)30(27(25)28(31)32)20(23-15-37-16-38-23)12-17-8-4-3-5-9-17/h3-11,13-15,20H,12,16H2,1-2H3,(H,31,32). The lowest BCUT2D eigenvalue weighted by molar-refractivity contribution is -0.134. The highest BCUT2D eigenvalue weighted by Gasteiger charge is 2.47.